The molecule has 4 nitrogen and oxygen atoms in total. The monoisotopic (exact) mass is 287 g/mol. The summed E-state index contributed by atoms with van der Waals surface area (Å²) in [6.45, 7) is 0. The summed E-state index contributed by atoms with van der Waals surface area (Å²) in [7, 11) is 0. The van der Waals surface area contributed by atoms with E-state index in [4.69, 9.17) is 5.73 Å². The largest absolute Gasteiger partial charge is 0.375 e. The average molecular weight is 289 g/mol. The third-order valence-electron chi connectivity index (χ3n) is 1.31. The molecule has 0 aliphatic heterocycles. The predicted molar refractivity (Wildman–Crippen MR) is 65.6 cm³/mol. The Hall–Kier alpha value is -1.10. The van der Waals surface area contributed by atoms with Crippen molar-refractivity contribution >= 4 is 29.7 Å². The quantitative estimate of drug-likeness (QED) is 0.185. The fraction of sp³-hybridized carbons (Fsp3) is 0. The Balaban J connectivity index is 0. The molecule has 0 saturated carbocycles. The molecule has 0 saturated heterocycles. The van der Waals surface area contributed by atoms with E-state index < -0.39 is 0 Å². The number of aldehydes is 1. The zero-order valence-corrected chi connectivity index (χ0v) is 12.6. The molecule has 0 radical (unpaired) electrons. The van der Waals surface area contributed by atoms with E-state index in [0.29, 0.717) is 0 Å². The number of rotatable bonds is 2. The molecule has 0 fully saturated rings. The van der Waals surface area contributed by atoms with E-state index in [1.54, 1.807) is 6.08 Å². The number of hydrogen-bond donors (Lipinski definition) is 3. The van der Waals surface area contributed by atoms with Gasteiger partial charge in [-0.2, -0.15) is 0 Å². The van der Waals surface area contributed by atoms with Crippen molar-refractivity contribution in [3.63, 3.8) is 0 Å². The van der Waals surface area contributed by atoms with Crippen LogP contribution < -0.4 is 17.0 Å². The van der Waals surface area contributed by atoms with Crippen LogP contribution in [0.5, 0.6) is 0 Å². The molecule has 0 spiro atoms. The molecule has 1 aromatic rings. The molecule has 82 valence electrons. The summed E-state index contributed by atoms with van der Waals surface area (Å²) in [5, 5.41) is 0.116. The van der Waals surface area contributed by atoms with Crippen LogP contribution in [0.15, 0.2) is 36.4 Å². The second-order valence-corrected chi connectivity index (χ2v) is 2.85. The topological polar surface area (TPSA) is 81.1 Å². The van der Waals surface area contributed by atoms with E-state index in [1.807, 2.05) is 35.8 Å². The molecule has 0 atom stereocenters. The van der Waals surface area contributed by atoms with Crippen LogP contribution >= 0.6 is 12.2 Å². The molecular formula is C10H13N3OSZn. The first kappa shape index (κ1) is 17.3. The Kier molecular flexibility index (Phi) is 13.0. The number of carbonyl (C=O) groups excluding carboxylic acids is 1. The van der Waals surface area contributed by atoms with E-state index in [0.717, 1.165) is 11.8 Å². The first-order chi connectivity index (χ1) is 7.20. The van der Waals surface area contributed by atoms with Crippen molar-refractivity contribution < 1.29 is 24.3 Å². The van der Waals surface area contributed by atoms with E-state index in [1.165, 1.54) is 6.08 Å². The van der Waals surface area contributed by atoms with Gasteiger partial charge < -0.3 is 11.2 Å². The van der Waals surface area contributed by atoms with Crippen LogP contribution in [0.3, 0.4) is 0 Å². The fourth-order valence-corrected chi connectivity index (χ4v) is 0.715. The fourth-order valence-electron chi connectivity index (χ4n) is 0.715. The number of hydrazine groups is 1. The summed E-state index contributed by atoms with van der Waals surface area (Å²) in [6, 6.07) is 9.70. The van der Waals surface area contributed by atoms with Crippen LogP contribution in [0.1, 0.15) is 5.56 Å². The summed E-state index contributed by atoms with van der Waals surface area (Å²) in [5.74, 6) is 4.66. The summed E-state index contributed by atoms with van der Waals surface area (Å²) < 4.78 is 0. The average Bonchev–Trinajstić information content (AvgIpc) is 2.28. The van der Waals surface area contributed by atoms with Gasteiger partial charge in [0.1, 0.15) is 6.29 Å². The van der Waals surface area contributed by atoms with Gasteiger partial charge in [0.15, 0.2) is 5.11 Å². The van der Waals surface area contributed by atoms with Crippen LogP contribution in [0.2, 0.25) is 0 Å². The molecule has 6 heteroatoms. The van der Waals surface area contributed by atoms with Gasteiger partial charge in [-0.25, -0.2) is 5.84 Å². The van der Waals surface area contributed by atoms with Crippen LogP contribution in [0.25, 0.3) is 6.08 Å². The standard InChI is InChI=1S/C9H8O.CH5N3S.Zn/c10-8-4-7-9-5-2-1-3-6-9;2-1(5)4-3;/h1-8H;3H2,(H3,2,4,5);. The third-order valence-corrected chi connectivity index (χ3v) is 1.43. The van der Waals surface area contributed by atoms with E-state index in [9.17, 15) is 4.79 Å². The molecule has 0 amide bonds. The molecule has 0 aromatic heterocycles. The number of benzene rings is 1. The minimum Gasteiger partial charge on any atom is -0.375 e. The van der Waals surface area contributed by atoms with Gasteiger partial charge in [0.05, 0.1) is 0 Å². The van der Waals surface area contributed by atoms with Gasteiger partial charge in [-0.05, 0) is 23.9 Å². The minimum absolute atomic E-state index is 0. The Morgan fingerprint density at radius 2 is 1.81 bits per heavy atom. The van der Waals surface area contributed by atoms with Crippen LogP contribution in [-0.4, -0.2) is 11.4 Å². The minimum atomic E-state index is 0. The van der Waals surface area contributed by atoms with Crippen molar-refractivity contribution in [2.75, 3.05) is 0 Å². The third kappa shape index (κ3) is 11.0. The second kappa shape index (κ2) is 12.0. The van der Waals surface area contributed by atoms with Crippen molar-refractivity contribution in [3.05, 3.63) is 42.0 Å². The zero-order valence-electron chi connectivity index (χ0n) is 8.80. The molecule has 0 heterocycles. The van der Waals surface area contributed by atoms with Crippen LogP contribution in [0, 0.1) is 0 Å². The maximum absolute atomic E-state index is 9.89. The van der Waals surface area contributed by atoms with Crippen LogP contribution in [0.4, 0.5) is 0 Å². The summed E-state index contributed by atoms with van der Waals surface area (Å²) >= 11 is 4.24. The van der Waals surface area contributed by atoms with Crippen molar-refractivity contribution in [3.8, 4) is 0 Å². The molecule has 1 rings (SSSR count). The first-order valence-electron chi connectivity index (χ1n) is 4.13. The molecular weight excluding hydrogens is 276 g/mol. The summed E-state index contributed by atoms with van der Waals surface area (Å²) in [5.41, 5.74) is 7.87. The van der Waals surface area contributed by atoms with E-state index in [-0.39, 0.29) is 24.6 Å². The molecule has 1 aromatic carbocycles. The van der Waals surface area contributed by atoms with Crippen molar-refractivity contribution in [1.29, 1.82) is 0 Å². The molecule has 0 unspecified atom stereocenters. The number of allylic oxidation sites excluding steroid dienone is 1. The number of carbonyl (C=O) groups is 1. The Bertz CT molecular complexity index is 330. The number of nitrogens with two attached hydrogens (primary N) is 2. The Labute approximate surface area is 113 Å². The molecule has 5 N–H and O–H groups in total. The zero-order chi connectivity index (χ0) is 11.5. The number of hydrogen-bond acceptors (Lipinski definition) is 3. The van der Waals surface area contributed by atoms with Gasteiger partial charge in [-0.1, -0.05) is 36.4 Å². The van der Waals surface area contributed by atoms with Crippen molar-refractivity contribution in [1.82, 2.24) is 5.43 Å². The molecule has 0 bridgehead atoms. The van der Waals surface area contributed by atoms with Gasteiger partial charge in [-0.15, -0.1) is 0 Å². The number of thiocarbonyl (C=S) groups is 1. The smallest absolute Gasteiger partial charge is 0.177 e. The predicted octanol–water partition coefficient (Wildman–Crippen LogP) is 0.589. The summed E-state index contributed by atoms with van der Waals surface area (Å²) in [4.78, 5) is 9.89. The molecule has 0 aliphatic rings. The van der Waals surface area contributed by atoms with Gasteiger partial charge in [0.2, 0.25) is 0 Å². The van der Waals surface area contributed by atoms with Crippen molar-refractivity contribution in [2.24, 2.45) is 11.6 Å². The van der Waals surface area contributed by atoms with Gasteiger partial charge in [0, 0.05) is 19.5 Å². The first-order valence-corrected chi connectivity index (χ1v) is 4.54. The van der Waals surface area contributed by atoms with Gasteiger partial charge >= 0.3 is 0 Å². The maximum atomic E-state index is 9.89. The Morgan fingerprint density at radius 3 is 2.19 bits per heavy atom. The van der Waals surface area contributed by atoms with Crippen molar-refractivity contribution in [2.45, 2.75) is 0 Å². The van der Waals surface area contributed by atoms with E-state index in [2.05, 4.69) is 18.1 Å². The maximum Gasteiger partial charge on any atom is 0.177 e. The molecule has 16 heavy (non-hydrogen) atoms. The van der Waals surface area contributed by atoms with Crippen LogP contribution in [-0.2, 0) is 24.3 Å². The summed E-state index contributed by atoms with van der Waals surface area (Å²) in [6.07, 6.45) is 4.02. The molecule has 0 aliphatic carbocycles. The SMILES string of the molecule is NNC(N)=S.O=CC=Cc1ccccc1.[Zn]. The number of nitrogens with one attached hydrogen (secondary N) is 1. The second-order valence-electron chi connectivity index (χ2n) is 2.41. The Morgan fingerprint density at radius 1 is 1.31 bits per heavy atom. The van der Waals surface area contributed by atoms with E-state index >= 15 is 0 Å². The normalized spacial score (nSPS) is 8.31. The van der Waals surface area contributed by atoms with Gasteiger partial charge in [-0.3, -0.25) is 4.79 Å². The van der Waals surface area contributed by atoms with Gasteiger partial charge in [0.25, 0.3) is 0 Å².